The first-order chi connectivity index (χ1) is 10.9. The quantitative estimate of drug-likeness (QED) is 0.550. The van der Waals surface area contributed by atoms with Crippen LogP contribution in [0.1, 0.15) is 5.56 Å². The number of hydrogen-bond donors (Lipinski definition) is 2. The zero-order valence-electron chi connectivity index (χ0n) is 11.5. The minimum Gasteiger partial charge on any atom is -0.505 e. The SMILES string of the molecule is N#C/C(=C\c1cc(Cl)c(O)c(Cl)c1)C(=O)Nc1cccc(Br)c1. The van der Waals surface area contributed by atoms with Gasteiger partial charge in [-0.15, -0.1) is 0 Å². The van der Waals surface area contributed by atoms with Crippen molar-refractivity contribution in [2.24, 2.45) is 0 Å². The lowest BCUT2D eigenvalue weighted by Gasteiger charge is -2.05. The number of hydrogen-bond acceptors (Lipinski definition) is 3. The first-order valence-corrected chi connectivity index (χ1v) is 7.82. The summed E-state index contributed by atoms with van der Waals surface area (Å²) in [6.07, 6.45) is 1.34. The van der Waals surface area contributed by atoms with Gasteiger partial charge in [-0.05, 0) is 42.0 Å². The highest BCUT2D eigenvalue weighted by Crippen LogP contribution is 2.33. The number of anilines is 1. The number of carbonyl (C=O) groups is 1. The third-order valence-electron chi connectivity index (χ3n) is 2.80. The number of rotatable bonds is 3. The van der Waals surface area contributed by atoms with E-state index >= 15 is 0 Å². The summed E-state index contributed by atoms with van der Waals surface area (Å²) in [5.74, 6) is -0.812. The first kappa shape index (κ1) is 17.4. The predicted octanol–water partition coefficient (Wildman–Crippen LogP) is 5.01. The van der Waals surface area contributed by atoms with E-state index in [0.29, 0.717) is 11.3 Å². The molecule has 0 aromatic heterocycles. The summed E-state index contributed by atoms with van der Waals surface area (Å²) in [5, 5.41) is 21.4. The van der Waals surface area contributed by atoms with E-state index in [1.165, 1.54) is 18.2 Å². The fourth-order valence-electron chi connectivity index (χ4n) is 1.75. The molecule has 2 N–H and O–H groups in total. The summed E-state index contributed by atoms with van der Waals surface area (Å²) in [4.78, 5) is 12.2. The van der Waals surface area contributed by atoms with Crippen molar-refractivity contribution in [1.29, 1.82) is 5.26 Å². The Bertz CT molecular complexity index is 821. The Morgan fingerprint density at radius 1 is 1.26 bits per heavy atom. The molecule has 0 bridgehead atoms. The van der Waals surface area contributed by atoms with Crippen LogP contribution in [0, 0.1) is 11.3 Å². The Kier molecular flexibility index (Phi) is 5.67. The summed E-state index contributed by atoms with van der Waals surface area (Å²) in [6.45, 7) is 0. The van der Waals surface area contributed by atoms with E-state index in [0.717, 1.165) is 4.47 Å². The number of aromatic hydroxyl groups is 1. The molecule has 0 spiro atoms. The van der Waals surface area contributed by atoms with Crippen LogP contribution in [0.5, 0.6) is 5.75 Å². The van der Waals surface area contributed by atoms with Crippen molar-refractivity contribution in [3.8, 4) is 11.8 Å². The van der Waals surface area contributed by atoms with Gasteiger partial charge in [0, 0.05) is 10.2 Å². The van der Waals surface area contributed by atoms with Crippen LogP contribution in [0.25, 0.3) is 6.08 Å². The lowest BCUT2D eigenvalue weighted by molar-refractivity contribution is -0.112. The summed E-state index contributed by atoms with van der Waals surface area (Å²) in [6, 6.07) is 11.6. The van der Waals surface area contributed by atoms with Crippen molar-refractivity contribution in [3.05, 3.63) is 62.1 Å². The third kappa shape index (κ3) is 4.49. The number of halogens is 3. The van der Waals surface area contributed by atoms with Crippen LogP contribution in [0.2, 0.25) is 10.0 Å². The van der Waals surface area contributed by atoms with E-state index in [1.807, 2.05) is 12.1 Å². The van der Waals surface area contributed by atoms with Crippen molar-refractivity contribution in [3.63, 3.8) is 0 Å². The van der Waals surface area contributed by atoms with E-state index in [-0.39, 0.29) is 21.4 Å². The Hall–Kier alpha value is -2.00. The fourth-order valence-corrected chi connectivity index (χ4v) is 2.65. The van der Waals surface area contributed by atoms with Gasteiger partial charge in [-0.3, -0.25) is 4.79 Å². The van der Waals surface area contributed by atoms with Gasteiger partial charge in [0.25, 0.3) is 5.91 Å². The molecule has 0 aliphatic rings. The molecule has 1 amide bonds. The van der Waals surface area contributed by atoms with Gasteiger partial charge in [0.2, 0.25) is 0 Å². The summed E-state index contributed by atoms with van der Waals surface area (Å²) in [7, 11) is 0. The van der Waals surface area contributed by atoms with Crippen molar-refractivity contribution >= 4 is 56.8 Å². The smallest absolute Gasteiger partial charge is 0.266 e. The molecular formula is C16H9BrCl2N2O2. The zero-order chi connectivity index (χ0) is 17.0. The summed E-state index contributed by atoms with van der Waals surface area (Å²) >= 11 is 14.9. The molecule has 0 fully saturated rings. The average Bonchev–Trinajstić information content (AvgIpc) is 2.50. The Balaban J connectivity index is 2.28. The number of nitrogens with one attached hydrogen (secondary N) is 1. The van der Waals surface area contributed by atoms with Gasteiger partial charge in [-0.25, -0.2) is 0 Å². The molecule has 2 rings (SSSR count). The van der Waals surface area contributed by atoms with Crippen LogP contribution < -0.4 is 5.32 Å². The molecule has 0 heterocycles. The zero-order valence-corrected chi connectivity index (χ0v) is 14.6. The van der Waals surface area contributed by atoms with E-state index in [2.05, 4.69) is 21.2 Å². The van der Waals surface area contributed by atoms with E-state index in [1.54, 1.807) is 18.2 Å². The van der Waals surface area contributed by atoms with E-state index in [9.17, 15) is 15.2 Å². The van der Waals surface area contributed by atoms with Crippen LogP contribution in [-0.2, 0) is 4.79 Å². The highest BCUT2D eigenvalue weighted by atomic mass is 79.9. The second kappa shape index (κ2) is 7.51. The van der Waals surface area contributed by atoms with Crippen molar-refractivity contribution in [2.75, 3.05) is 5.32 Å². The van der Waals surface area contributed by atoms with Crippen LogP contribution >= 0.6 is 39.1 Å². The second-order valence-corrected chi connectivity index (χ2v) is 6.20. The molecule has 0 saturated heterocycles. The molecule has 116 valence electrons. The van der Waals surface area contributed by atoms with Crippen LogP contribution in [0.4, 0.5) is 5.69 Å². The van der Waals surface area contributed by atoms with Gasteiger partial charge in [0.05, 0.1) is 10.0 Å². The summed E-state index contributed by atoms with van der Waals surface area (Å²) in [5.41, 5.74) is 0.855. The molecule has 2 aromatic rings. The number of nitriles is 1. The molecule has 4 nitrogen and oxygen atoms in total. The van der Waals surface area contributed by atoms with Crippen LogP contribution in [0.3, 0.4) is 0 Å². The molecule has 0 atom stereocenters. The Morgan fingerprint density at radius 3 is 2.48 bits per heavy atom. The average molecular weight is 412 g/mol. The second-order valence-electron chi connectivity index (χ2n) is 4.47. The minimum atomic E-state index is -0.564. The van der Waals surface area contributed by atoms with Crippen molar-refractivity contribution in [2.45, 2.75) is 0 Å². The molecule has 0 unspecified atom stereocenters. The highest BCUT2D eigenvalue weighted by Gasteiger charge is 2.11. The monoisotopic (exact) mass is 410 g/mol. The molecule has 7 heteroatoms. The number of nitrogens with zero attached hydrogens (tertiary/aromatic N) is 1. The summed E-state index contributed by atoms with van der Waals surface area (Å²) < 4.78 is 0.801. The van der Waals surface area contributed by atoms with Crippen LogP contribution in [-0.4, -0.2) is 11.0 Å². The predicted molar refractivity (Wildman–Crippen MR) is 94.5 cm³/mol. The van der Waals surface area contributed by atoms with Gasteiger partial charge in [0.1, 0.15) is 11.6 Å². The normalized spacial score (nSPS) is 11.0. The first-order valence-electron chi connectivity index (χ1n) is 6.27. The molecule has 0 aliphatic heterocycles. The molecule has 23 heavy (non-hydrogen) atoms. The van der Waals surface area contributed by atoms with Crippen molar-refractivity contribution in [1.82, 2.24) is 0 Å². The largest absolute Gasteiger partial charge is 0.505 e. The van der Waals surface area contributed by atoms with E-state index in [4.69, 9.17) is 23.2 Å². The molecular weight excluding hydrogens is 403 g/mol. The van der Waals surface area contributed by atoms with Gasteiger partial charge in [-0.1, -0.05) is 45.2 Å². The molecule has 0 saturated carbocycles. The maximum Gasteiger partial charge on any atom is 0.266 e. The third-order valence-corrected chi connectivity index (χ3v) is 3.87. The maximum absolute atomic E-state index is 12.2. The van der Waals surface area contributed by atoms with E-state index < -0.39 is 5.91 Å². The van der Waals surface area contributed by atoms with Crippen molar-refractivity contribution < 1.29 is 9.90 Å². The van der Waals surface area contributed by atoms with Gasteiger partial charge < -0.3 is 10.4 Å². The number of benzene rings is 2. The molecule has 2 aromatic carbocycles. The van der Waals surface area contributed by atoms with Gasteiger partial charge in [0.15, 0.2) is 5.75 Å². The number of phenolic OH excluding ortho intramolecular Hbond substituents is 1. The number of carbonyl (C=O) groups excluding carboxylic acids is 1. The fraction of sp³-hybridized carbons (Fsp3) is 0. The highest BCUT2D eigenvalue weighted by molar-refractivity contribution is 9.10. The van der Waals surface area contributed by atoms with Gasteiger partial charge in [-0.2, -0.15) is 5.26 Å². The van der Waals surface area contributed by atoms with Gasteiger partial charge >= 0.3 is 0 Å². The number of amides is 1. The lowest BCUT2D eigenvalue weighted by Crippen LogP contribution is -2.13. The Labute approximate surface area is 151 Å². The molecule has 0 aliphatic carbocycles. The Morgan fingerprint density at radius 2 is 1.91 bits per heavy atom. The molecule has 0 radical (unpaired) electrons. The van der Waals surface area contributed by atoms with Crippen LogP contribution in [0.15, 0.2) is 46.4 Å². The topological polar surface area (TPSA) is 73.1 Å². The minimum absolute atomic E-state index is 0.0356. The number of phenols is 1. The standard InChI is InChI=1S/C16H9BrCl2N2O2/c17-11-2-1-3-12(7-11)21-16(23)10(8-20)4-9-5-13(18)15(22)14(19)6-9/h1-7,22H,(H,21,23)/b10-4+. The lowest BCUT2D eigenvalue weighted by atomic mass is 10.1. The maximum atomic E-state index is 12.2.